The van der Waals surface area contributed by atoms with Crippen molar-refractivity contribution in [3.8, 4) is 0 Å². The van der Waals surface area contributed by atoms with Gasteiger partial charge >= 0.3 is 0 Å². The van der Waals surface area contributed by atoms with Crippen LogP contribution in [0.4, 0.5) is 0 Å². The second-order valence-corrected chi connectivity index (χ2v) is 15.3. The molecule has 0 radical (unpaired) electrons. The van der Waals surface area contributed by atoms with Gasteiger partial charge in [-0.05, 0) is 97.3 Å². The summed E-state index contributed by atoms with van der Waals surface area (Å²) in [7, 11) is -2.35. The van der Waals surface area contributed by atoms with Crippen molar-refractivity contribution >= 4 is 19.2 Å². The quantitative estimate of drug-likeness (QED) is 0.0959. The average Bonchev–Trinajstić information content (AvgIpc) is 3.05. The van der Waals surface area contributed by atoms with E-state index in [1.165, 1.54) is 15.9 Å². The zero-order valence-corrected chi connectivity index (χ0v) is 27.1. The van der Waals surface area contributed by atoms with Gasteiger partial charge in [-0.1, -0.05) is 68.5 Å². The van der Waals surface area contributed by atoms with Crippen LogP contribution in [0.15, 0.2) is 117 Å². The van der Waals surface area contributed by atoms with Crippen LogP contribution < -0.4 is 17.2 Å². The van der Waals surface area contributed by atoms with Gasteiger partial charge in [0.05, 0.1) is 10.7 Å². The number of nitrogens with zero attached hydrogens (tertiary/aromatic N) is 2. The lowest BCUT2D eigenvalue weighted by Crippen LogP contribution is -2.37. The van der Waals surface area contributed by atoms with E-state index in [9.17, 15) is 0 Å². The van der Waals surface area contributed by atoms with Gasteiger partial charge in [-0.25, -0.2) is 4.99 Å². The van der Waals surface area contributed by atoms with Crippen LogP contribution in [-0.2, 0) is 0 Å². The van der Waals surface area contributed by atoms with Crippen LogP contribution in [0.1, 0.15) is 75.2 Å². The van der Waals surface area contributed by atoms with Crippen LogP contribution in [-0.4, -0.2) is 22.6 Å². The third kappa shape index (κ3) is 9.48. The Morgan fingerprint density at radius 2 is 1.52 bits per heavy atom. The number of hydrogen-bond donors (Lipinski definition) is 3. The smallest absolute Gasteiger partial charge is 0.219 e. The van der Waals surface area contributed by atoms with E-state index in [0.29, 0.717) is 5.92 Å². The van der Waals surface area contributed by atoms with E-state index in [1.807, 2.05) is 0 Å². The minimum atomic E-state index is -2.35. The highest BCUT2D eigenvalue weighted by Gasteiger charge is 2.60. The molecule has 6 heteroatoms. The summed E-state index contributed by atoms with van der Waals surface area (Å²) >= 11 is 0. The molecule has 0 heterocycles. The number of hydrogen-bond acceptors (Lipinski definition) is 1. The molecule has 40 heavy (non-hydrogen) atoms. The first kappa shape index (κ1) is 34.9. The summed E-state index contributed by atoms with van der Waals surface area (Å²) in [4.78, 5) is 8.78. The SMILES string of the molecule is C\C=C/C=C(\C=C/C)[P+](C1=CC=CC(C)C=C1)(C(/C=C\C)=C/C=C\CC)C(C)(C)CC(C)(C)N=C(N)N=C(N)N. The molecular formula is C34H53N5P+. The summed E-state index contributed by atoms with van der Waals surface area (Å²) in [6.07, 6.45) is 35.2. The van der Waals surface area contributed by atoms with Crippen molar-refractivity contribution in [1.29, 1.82) is 0 Å². The summed E-state index contributed by atoms with van der Waals surface area (Å²) in [5.41, 5.74) is 16.8. The van der Waals surface area contributed by atoms with Gasteiger partial charge in [0.1, 0.15) is 23.2 Å². The minimum Gasteiger partial charge on any atom is -0.370 e. The van der Waals surface area contributed by atoms with Gasteiger partial charge in [-0.2, -0.15) is 4.99 Å². The zero-order chi connectivity index (χ0) is 30.4. The van der Waals surface area contributed by atoms with E-state index in [0.717, 1.165) is 12.8 Å². The highest BCUT2D eigenvalue weighted by Crippen LogP contribution is 2.86. The predicted octanol–water partition coefficient (Wildman–Crippen LogP) is 8.65. The fourth-order valence-electron chi connectivity index (χ4n) is 5.50. The molecule has 6 N–H and O–H groups in total. The lowest BCUT2D eigenvalue weighted by molar-refractivity contribution is 0.421. The Bertz CT molecular complexity index is 1180. The van der Waals surface area contributed by atoms with Gasteiger partial charge in [0.25, 0.3) is 0 Å². The van der Waals surface area contributed by atoms with Crippen LogP contribution in [0, 0.1) is 5.92 Å². The van der Waals surface area contributed by atoms with Gasteiger partial charge < -0.3 is 17.2 Å². The predicted molar refractivity (Wildman–Crippen MR) is 183 cm³/mol. The fourth-order valence-corrected chi connectivity index (χ4v) is 11.1. The Labute approximate surface area is 244 Å². The van der Waals surface area contributed by atoms with E-state index in [-0.39, 0.29) is 17.1 Å². The van der Waals surface area contributed by atoms with Gasteiger partial charge in [0.2, 0.25) is 5.96 Å². The van der Waals surface area contributed by atoms with Crippen molar-refractivity contribution in [2.75, 3.05) is 0 Å². The monoisotopic (exact) mass is 562 g/mol. The van der Waals surface area contributed by atoms with Gasteiger partial charge in [0, 0.05) is 6.42 Å². The average molecular weight is 563 g/mol. The molecule has 218 valence electrons. The number of nitrogens with two attached hydrogens (primary N) is 3. The molecule has 0 aromatic carbocycles. The molecule has 0 bridgehead atoms. The molecule has 5 nitrogen and oxygen atoms in total. The molecule has 0 aromatic rings. The van der Waals surface area contributed by atoms with E-state index < -0.39 is 12.8 Å². The van der Waals surface area contributed by atoms with Gasteiger partial charge in [-0.3, -0.25) is 0 Å². The maximum atomic E-state index is 6.15. The van der Waals surface area contributed by atoms with E-state index in [2.05, 4.69) is 158 Å². The second-order valence-electron chi connectivity index (χ2n) is 11.2. The van der Waals surface area contributed by atoms with Crippen LogP contribution in [0.2, 0.25) is 0 Å². The van der Waals surface area contributed by atoms with Crippen LogP contribution in [0.25, 0.3) is 0 Å². The lowest BCUT2D eigenvalue weighted by Gasteiger charge is -2.44. The molecule has 2 atom stereocenters. The van der Waals surface area contributed by atoms with Gasteiger partial charge in [-0.15, -0.1) is 0 Å². The molecule has 0 amide bonds. The van der Waals surface area contributed by atoms with E-state index in [1.54, 1.807) is 0 Å². The summed E-state index contributed by atoms with van der Waals surface area (Å²) < 4.78 is 0. The maximum Gasteiger partial charge on any atom is 0.219 e. The van der Waals surface area contributed by atoms with Crippen LogP contribution in [0.3, 0.4) is 0 Å². The van der Waals surface area contributed by atoms with Crippen molar-refractivity contribution in [1.82, 2.24) is 0 Å². The second kappa shape index (κ2) is 16.2. The molecule has 1 aliphatic rings. The Hall–Kier alpha value is -3.17. The Morgan fingerprint density at radius 1 is 0.925 bits per heavy atom. The normalized spacial score (nSPS) is 19.6. The first-order valence-corrected chi connectivity index (χ1v) is 16.0. The molecule has 2 unspecified atom stereocenters. The third-order valence-corrected chi connectivity index (χ3v) is 11.8. The number of aliphatic imine (C=N–C) groups is 2. The van der Waals surface area contributed by atoms with Crippen molar-refractivity contribution in [3.63, 3.8) is 0 Å². The molecule has 0 saturated carbocycles. The Morgan fingerprint density at radius 3 is 2.05 bits per heavy atom. The minimum absolute atomic E-state index is 0.0864. The summed E-state index contributed by atoms with van der Waals surface area (Å²) in [5, 5.41) is 3.64. The van der Waals surface area contributed by atoms with Crippen LogP contribution in [0.5, 0.6) is 0 Å². The molecule has 0 aliphatic heterocycles. The van der Waals surface area contributed by atoms with Gasteiger partial charge in [0.15, 0.2) is 5.96 Å². The fraction of sp³-hybridized carbons (Fsp3) is 0.412. The zero-order valence-electron chi connectivity index (χ0n) is 26.2. The number of rotatable bonds is 12. The lowest BCUT2D eigenvalue weighted by atomic mass is 9.92. The largest absolute Gasteiger partial charge is 0.370 e. The Balaban J connectivity index is 4.35. The summed E-state index contributed by atoms with van der Waals surface area (Å²) in [6, 6.07) is 0. The van der Waals surface area contributed by atoms with E-state index >= 15 is 0 Å². The summed E-state index contributed by atoms with van der Waals surface area (Å²) in [5.74, 6) is 0.333. The molecule has 0 fully saturated rings. The molecule has 1 rings (SSSR count). The maximum absolute atomic E-state index is 6.15. The van der Waals surface area contributed by atoms with Crippen molar-refractivity contribution in [2.24, 2.45) is 33.1 Å². The first-order chi connectivity index (χ1) is 18.8. The van der Waals surface area contributed by atoms with Crippen molar-refractivity contribution in [2.45, 2.75) is 85.9 Å². The summed E-state index contributed by atoms with van der Waals surface area (Å²) in [6.45, 7) is 19.5. The molecule has 0 saturated heterocycles. The molecular weight excluding hydrogens is 509 g/mol. The standard InChI is InChI=1S/C34H53N5P/c1-10-14-16-22-29(19-13-4)40(28(18-12-3)21-15-11-2,30-23-17-20-27(5)24-25-30)34(8,9)26-33(6,7)39-32(37)38-31(35)36/h11-25,27H,10,26H2,1-9H3,(H6,35,36,37,38,39)/q+1/b15-11-,16-14-,18-12-,19-13-,28-21+,29-22+. The van der Waals surface area contributed by atoms with Crippen molar-refractivity contribution in [3.05, 3.63) is 107 Å². The van der Waals surface area contributed by atoms with E-state index in [4.69, 9.17) is 22.2 Å². The van der Waals surface area contributed by atoms with Crippen LogP contribution >= 0.6 is 7.26 Å². The highest BCUT2D eigenvalue weighted by atomic mass is 31.2. The molecule has 0 spiro atoms. The topological polar surface area (TPSA) is 103 Å². The number of guanidine groups is 2. The first-order valence-electron chi connectivity index (χ1n) is 14.2. The molecule has 1 aliphatic carbocycles. The third-order valence-electron chi connectivity index (χ3n) is 6.62. The molecule has 0 aromatic heterocycles. The highest BCUT2D eigenvalue weighted by molar-refractivity contribution is 7.89. The Kier molecular flexibility index (Phi) is 14.1. The van der Waals surface area contributed by atoms with Crippen molar-refractivity contribution < 1.29 is 0 Å². The number of allylic oxidation sites excluding steroid dienone is 18.